The first-order chi connectivity index (χ1) is 11.1. The minimum absolute atomic E-state index is 0.0110. The molecule has 1 aromatic carbocycles. The van der Waals surface area contributed by atoms with Gasteiger partial charge in [-0.2, -0.15) is 0 Å². The molecule has 2 fully saturated rings. The quantitative estimate of drug-likeness (QED) is 0.347. The molecule has 0 radical (unpaired) electrons. The minimum Gasteiger partial charge on any atom is -0.301 e. The lowest BCUT2D eigenvalue weighted by Crippen LogP contribution is -2.08. The molecule has 2 aromatic rings. The van der Waals surface area contributed by atoms with E-state index in [2.05, 4.69) is 4.98 Å². The maximum absolute atomic E-state index is 12.9. The molecule has 2 saturated heterocycles. The molecule has 0 saturated carbocycles. The number of benzene rings is 1. The van der Waals surface area contributed by atoms with Crippen molar-refractivity contribution >= 4 is 24.3 Å². The molecule has 23 heavy (non-hydrogen) atoms. The number of pyridine rings is 1. The highest BCUT2D eigenvalue weighted by Crippen LogP contribution is 2.61. The third-order valence-electron chi connectivity index (χ3n) is 3.98. The molecular weight excluding hydrogens is 319 g/mol. The number of nitro benzene ring substituents is 1. The Hall–Kier alpha value is -1.86. The summed E-state index contributed by atoms with van der Waals surface area (Å²) in [6.45, 7) is 3.26. The first kappa shape index (κ1) is 14.7. The second-order valence-corrected chi connectivity index (χ2v) is 7.94. The maximum atomic E-state index is 12.9. The van der Waals surface area contributed by atoms with Gasteiger partial charge in [-0.1, -0.05) is 0 Å². The second kappa shape index (κ2) is 5.35. The standard InChI is InChI=1S/C14H15N4O4P/c19-18(20)13-4-3-11(14-12(13)2-1-5-15-14)10-22-23(21,16-6-7-16)17-8-9-17/h1-5H,6-10H2. The molecule has 9 heteroatoms. The predicted molar refractivity (Wildman–Crippen MR) is 83.9 cm³/mol. The molecule has 2 aliphatic rings. The topological polar surface area (TPSA) is 88.4 Å². The van der Waals surface area contributed by atoms with Gasteiger partial charge in [0.05, 0.1) is 22.4 Å². The smallest absolute Gasteiger partial charge is 0.301 e. The van der Waals surface area contributed by atoms with Crippen LogP contribution in [0.4, 0.5) is 5.69 Å². The average Bonchev–Trinajstić information content (AvgIpc) is 3.42. The van der Waals surface area contributed by atoms with E-state index in [0.717, 1.165) is 26.2 Å². The Labute approximate surface area is 132 Å². The fourth-order valence-corrected chi connectivity index (χ4v) is 4.76. The van der Waals surface area contributed by atoms with Gasteiger partial charge >= 0.3 is 7.67 Å². The van der Waals surface area contributed by atoms with E-state index < -0.39 is 12.6 Å². The van der Waals surface area contributed by atoms with Crippen LogP contribution in [0.15, 0.2) is 30.5 Å². The summed E-state index contributed by atoms with van der Waals surface area (Å²) >= 11 is 0. The predicted octanol–water partition coefficient (Wildman–Crippen LogP) is 2.40. The number of non-ortho nitro benzene ring substituents is 1. The lowest BCUT2D eigenvalue weighted by molar-refractivity contribution is -0.383. The lowest BCUT2D eigenvalue weighted by Gasteiger charge is -2.20. The number of hydrogen-bond donors (Lipinski definition) is 0. The van der Waals surface area contributed by atoms with E-state index in [1.807, 2.05) is 9.34 Å². The van der Waals surface area contributed by atoms with Gasteiger partial charge in [0, 0.05) is 44.0 Å². The van der Waals surface area contributed by atoms with Gasteiger partial charge in [-0.3, -0.25) is 19.7 Å². The van der Waals surface area contributed by atoms with Crippen molar-refractivity contribution in [1.82, 2.24) is 14.3 Å². The highest BCUT2D eigenvalue weighted by atomic mass is 31.2. The molecule has 8 nitrogen and oxygen atoms in total. The Morgan fingerprint density at radius 1 is 1.22 bits per heavy atom. The van der Waals surface area contributed by atoms with E-state index in [0.29, 0.717) is 16.5 Å². The Morgan fingerprint density at radius 3 is 2.52 bits per heavy atom. The first-order valence-electron chi connectivity index (χ1n) is 7.36. The van der Waals surface area contributed by atoms with Gasteiger partial charge in [0.1, 0.15) is 0 Å². The van der Waals surface area contributed by atoms with E-state index in [1.54, 1.807) is 24.4 Å². The fourth-order valence-electron chi connectivity index (χ4n) is 2.58. The molecule has 0 N–H and O–H groups in total. The van der Waals surface area contributed by atoms with Crippen LogP contribution in [0.3, 0.4) is 0 Å². The van der Waals surface area contributed by atoms with Crippen LogP contribution >= 0.6 is 7.67 Å². The highest BCUT2D eigenvalue weighted by molar-refractivity contribution is 7.54. The second-order valence-electron chi connectivity index (χ2n) is 5.57. The third-order valence-corrected chi connectivity index (χ3v) is 6.67. The van der Waals surface area contributed by atoms with E-state index in [4.69, 9.17) is 4.52 Å². The summed E-state index contributed by atoms with van der Waals surface area (Å²) in [4.78, 5) is 14.9. The van der Waals surface area contributed by atoms with Crippen molar-refractivity contribution in [2.45, 2.75) is 6.61 Å². The number of nitrogens with zero attached hydrogens (tertiary/aromatic N) is 4. The SMILES string of the molecule is O=[N+]([O-])c1ccc(COP(=O)(N2CC2)N2CC2)c2ncccc12. The van der Waals surface area contributed by atoms with Crippen LogP contribution in [-0.2, 0) is 15.7 Å². The Bertz CT molecular complexity index is 819. The zero-order valence-electron chi connectivity index (χ0n) is 12.3. The van der Waals surface area contributed by atoms with Gasteiger partial charge in [0.15, 0.2) is 0 Å². The van der Waals surface area contributed by atoms with E-state index in [1.165, 1.54) is 6.07 Å². The number of nitro groups is 1. The van der Waals surface area contributed by atoms with Crippen molar-refractivity contribution in [3.05, 3.63) is 46.1 Å². The van der Waals surface area contributed by atoms with Crippen molar-refractivity contribution in [3.8, 4) is 0 Å². The Morgan fingerprint density at radius 2 is 1.91 bits per heavy atom. The molecule has 1 aromatic heterocycles. The van der Waals surface area contributed by atoms with Gasteiger partial charge in [0.25, 0.3) is 5.69 Å². The summed E-state index contributed by atoms with van der Waals surface area (Å²) in [6, 6.07) is 6.40. The zero-order valence-corrected chi connectivity index (χ0v) is 13.2. The number of rotatable bonds is 6. The Balaban J connectivity index is 1.66. The van der Waals surface area contributed by atoms with Crippen molar-refractivity contribution in [2.75, 3.05) is 26.2 Å². The first-order valence-corrected chi connectivity index (χ1v) is 8.89. The summed E-state index contributed by atoms with van der Waals surface area (Å²) in [5.74, 6) is 0. The van der Waals surface area contributed by atoms with Gasteiger partial charge in [-0.05, 0) is 18.2 Å². The average molecular weight is 334 g/mol. The van der Waals surface area contributed by atoms with E-state index >= 15 is 0 Å². The van der Waals surface area contributed by atoms with E-state index in [9.17, 15) is 14.7 Å². The van der Waals surface area contributed by atoms with Crippen LogP contribution < -0.4 is 0 Å². The number of fused-ring (bicyclic) bond motifs is 1. The molecule has 0 atom stereocenters. The van der Waals surface area contributed by atoms with Crippen LogP contribution in [0, 0.1) is 10.1 Å². The molecular formula is C14H15N4O4P. The molecule has 4 rings (SSSR count). The summed E-state index contributed by atoms with van der Waals surface area (Å²) in [5.41, 5.74) is 1.23. The molecule has 120 valence electrons. The van der Waals surface area contributed by atoms with Crippen LogP contribution in [0.1, 0.15) is 5.56 Å². The van der Waals surface area contributed by atoms with Gasteiger partial charge < -0.3 is 4.52 Å². The molecule has 0 unspecified atom stereocenters. The molecule has 2 aliphatic heterocycles. The Kier molecular flexibility index (Phi) is 3.42. The largest absolute Gasteiger partial charge is 0.346 e. The third kappa shape index (κ3) is 2.64. The molecule has 0 bridgehead atoms. The maximum Gasteiger partial charge on any atom is 0.346 e. The summed E-state index contributed by atoms with van der Waals surface area (Å²) in [7, 11) is -2.91. The normalized spacial score (nSPS) is 18.3. The number of aromatic nitrogens is 1. The van der Waals surface area contributed by atoms with Crippen LogP contribution in [0.5, 0.6) is 0 Å². The number of hydrogen-bond acceptors (Lipinski definition) is 5. The lowest BCUT2D eigenvalue weighted by atomic mass is 10.1. The molecule has 0 aliphatic carbocycles. The summed E-state index contributed by atoms with van der Waals surface area (Å²) in [5, 5.41) is 11.6. The van der Waals surface area contributed by atoms with E-state index in [-0.39, 0.29) is 12.3 Å². The monoisotopic (exact) mass is 334 g/mol. The van der Waals surface area contributed by atoms with Gasteiger partial charge in [-0.15, -0.1) is 0 Å². The van der Waals surface area contributed by atoms with Crippen LogP contribution in [0.2, 0.25) is 0 Å². The van der Waals surface area contributed by atoms with Crippen LogP contribution in [0.25, 0.3) is 10.9 Å². The van der Waals surface area contributed by atoms with Crippen LogP contribution in [-0.4, -0.2) is 45.4 Å². The minimum atomic E-state index is -2.91. The summed E-state index contributed by atoms with van der Waals surface area (Å²) < 4.78 is 22.4. The fraction of sp³-hybridized carbons (Fsp3) is 0.357. The van der Waals surface area contributed by atoms with Crippen molar-refractivity contribution in [3.63, 3.8) is 0 Å². The molecule has 3 heterocycles. The zero-order chi connectivity index (χ0) is 16.0. The van der Waals surface area contributed by atoms with Crippen molar-refractivity contribution < 1.29 is 14.0 Å². The highest BCUT2D eigenvalue weighted by Gasteiger charge is 2.49. The summed E-state index contributed by atoms with van der Waals surface area (Å²) in [6.07, 6.45) is 1.59. The van der Waals surface area contributed by atoms with Gasteiger partial charge in [0.2, 0.25) is 0 Å². The van der Waals surface area contributed by atoms with Crippen molar-refractivity contribution in [2.24, 2.45) is 0 Å². The van der Waals surface area contributed by atoms with Crippen molar-refractivity contribution in [1.29, 1.82) is 0 Å². The molecule has 0 amide bonds. The molecule has 0 spiro atoms. The van der Waals surface area contributed by atoms with Gasteiger partial charge in [-0.25, -0.2) is 9.34 Å².